The molecule has 4 rings (SSSR count). The Balaban J connectivity index is 1.38. The van der Waals surface area contributed by atoms with Gasteiger partial charge in [0, 0.05) is 55.9 Å². The van der Waals surface area contributed by atoms with Crippen LogP contribution in [0.4, 0.5) is 0 Å². The van der Waals surface area contributed by atoms with E-state index in [2.05, 4.69) is 53.3 Å². The van der Waals surface area contributed by atoms with Gasteiger partial charge in [0.1, 0.15) is 0 Å². The number of guanidine groups is 1. The summed E-state index contributed by atoms with van der Waals surface area (Å²) >= 11 is 0. The molecule has 0 radical (unpaired) electrons. The molecule has 7 nitrogen and oxygen atoms in total. The van der Waals surface area contributed by atoms with Gasteiger partial charge in [0.25, 0.3) is 5.91 Å². The van der Waals surface area contributed by atoms with E-state index >= 15 is 0 Å². The monoisotopic (exact) mass is 407 g/mol. The fourth-order valence-electron chi connectivity index (χ4n) is 4.03. The van der Waals surface area contributed by atoms with Crippen LogP contribution in [-0.2, 0) is 6.42 Å². The van der Waals surface area contributed by atoms with Crippen molar-refractivity contribution in [3.63, 3.8) is 0 Å². The summed E-state index contributed by atoms with van der Waals surface area (Å²) in [4.78, 5) is 24.9. The largest absolute Gasteiger partial charge is 0.459 e. The first kappa shape index (κ1) is 20.1. The summed E-state index contributed by atoms with van der Waals surface area (Å²) in [6.45, 7) is 8.56. The average molecular weight is 408 g/mol. The number of carbonyl (C=O) groups excluding carboxylic acids is 1. The first-order valence-electron chi connectivity index (χ1n) is 10.6. The first-order chi connectivity index (χ1) is 14.7. The molecule has 0 unspecified atom stereocenters. The molecule has 2 aromatic heterocycles. The minimum atomic E-state index is -0.0450. The highest BCUT2D eigenvalue weighted by Gasteiger charge is 2.25. The normalized spacial score (nSPS) is 15.1. The lowest BCUT2D eigenvalue weighted by Gasteiger charge is -2.36. The average Bonchev–Trinajstić information content (AvgIpc) is 3.41. The number of hydrogen-bond acceptors (Lipinski definition) is 3. The summed E-state index contributed by atoms with van der Waals surface area (Å²) in [5.41, 5.74) is 3.72. The van der Waals surface area contributed by atoms with Crippen LogP contribution in [0.3, 0.4) is 0 Å². The zero-order valence-corrected chi connectivity index (χ0v) is 17.6. The molecule has 1 aromatic carbocycles. The van der Waals surface area contributed by atoms with Crippen LogP contribution >= 0.6 is 0 Å². The quantitative estimate of drug-likeness (QED) is 0.503. The zero-order valence-electron chi connectivity index (χ0n) is 17.6. The molecule has 1 fully saturated rings. The van der Waals surface area contributed by atoms with Crippen molar-refractivity contribution in [3.8, 4) is 0 Å². The topological polar surface area (TPSA) is 76.9 Å². The number of aryl methyl sites for hydroxylation is 1. The molecule has 0 bridgehead atoms. The van der Waals surface area contributed by atoms with Crippen molar-refractivity contribution in [3.05, 3.63) is 59.7 Å². The first-order valence-corrected chi connectivity index (χ1v) is 10.6. The lowest BCUT2D eigenvalue weighted by molar-refractivity contribution is 0.0657. The number of H-pyrrole nitrogens is 1. The number of carbonyl (C=O) groups is 1. The molecule has 30 heavy (non-hydrogen) atoms. The SMILES string of the molecule is CCNC(=NCCc1c(C)[nH]c2ccccc12)N1CCN(C(=O)c2ccco2)CC1. The van der Waals surface area contributed by atoms with Gasteiger partial charge < -0.3 is 24.5 Å². The standard InChI is InChI=1S/C23H29N5O2/c1-3-24-23(25-11-10-18-17(2)26-20-8-5-4-7-19(18)20)28-14-12-27(13-15-28)22(29)21-9-6-16-30-21/h4-9,16,26H,3,10-15H2,1-2H3,(H,24,25). The maximum absolute atomic E-state index is 12.5. The van der Waals surface area contributed by atoms with Crippen LogP contribution in [0.15, 0.2) is 52.1 Å². The van der Waals surface area contributed by atoms with Crippen LogP contribution in [0.2, 0.25) is 0 Å². The molecular weight excluding hydrogens is 378 g/mol. The number of fused-ring (bicyclic) bond motifs is 1. The van der Waals surface area contributed by atoms with E-state index in [-0.39, 0.29) is 5.91 Å². The third kappa shape index (κ3) is 4.20. The highest BCUT2D eigenvalue weighted by molar-refractivity contribution is 5.91. The molecule has 1 saturated heterocycles. The van der Waals surface area contributed by atoms with Crippen LogP contribution in [0, 0.1) is 6.92 Å². The van der Waals surface area contributed by atoms with Gasteiger partial charge in [-0.3, -0.25) is 9.79 Å². The molecule has 1 amide bonds. The number of amides is 1. The Kier molecular flexibility index (Phi) is 6.07. The number of aromatic nitrogens is 1. The number of aromatic amines is 1. The molecule has 7 heteroatoms. The minimum absolute atomic E-state index is 0.0450. The maximum atomic E-state index is 12.5. The van der Waals surface area contributed by atoms with E-state index in [0.717, 1.165) is 38.6 Å². The number of para-hydroxylation sites is 1. The van der Waals surface area contributed by atoms with Gasteiger partial charge >= 0.3 is 0 Å². The second kappa shape index (κ2) is 9.07. The summed E-state index contributed by atoms with van der Waals surface area (Å²) in [5.74, 6) is 1.27. The molecule has 1 aliphatic rings. The van der Waals surface area contributed by atoms with Gasteiger partial charge in [0.15, 0.2) is 11.7 Å². The highest BCUT2D eigenvalue weighted by atomic mass is 16.3. The van der Waals surface area contributed by atoms with Crippen molar-refractivity contribution < 1.29 is 9.21 Å². The van der Waals surface area contributed by atoms with Crippen molar-refractivity contribution in [2.24, 2.45) is 4.99 Å². The molecular formula is C23H29N5O2. The second-order valence-corrected chi connectivity index (χ2v) is 7.52. The third-order valence-corrected chi connectivity index (χ3v) is 5.58. The molecule has 0 spiro atoms. The molecule has 2 N–H and O–H groups in total. The Morgan fingerprint density at radius 2 is 1.90 bits per heavy atom. The summed E-state index contributed by atoms with van der Waals surface area (Å²) in [7, 11) is 0. The number of nitrogens with zero attached hydrogens (tertiary/aromatic N) is 3. The van der Waals surface area contributed by atoms with E-state index in [1.54, 1.807) is 12.1 Å². The number of rotatable bonds is 5. The molecule has 0 atom stereocenters. The number of piperazine rings is 1. The minimum Gasteiger partial charge on any atom is -0.459 e. The van der Waals surface area contributed by atoms with E-state index in [0.29, 0.717) is 18.8 Å². The van der Waals surface area contributed by atoms with Crippen LogP contribution in [0.1, 0.15) is 28.7 Å². The molecule has 3 heterocycles. The van der Waals surface area contributed by atoms with Crippen molar-refractivity contribution in [2.45, 2.75) is 20.3 Å². The Hall–Kier alpha value is -3.22. The van der Waals surface area contributed by atoms with Gasteiger partial charge in [-0.2, -0.15) is 0 Å². The Morgan fingerprint density at radius 1 is 1.13 bits per heavy atom. The lowest BCUT2D eigenvalue weighted by atomic mass is 10.1. The lowest BCUT2D eigenvalue weighted by Crippen LogP contribution is -2.53. The number of nitrogens with one attached hydrogen (secondary N) is 2. The van der Waals surface area contributed by atoms with E-state index < -0.39 is 0 Å². The summed E-state index contributed by atoms with van der Waals surface area (Å²) < 4.78 is 5.25. The van der Waals surface area contributed by atoms with Gasteiger partial charge in [0.2, 0.25) is 0 Å². The highest BCUT2D eigenvalue weighted by Crippen LogP contribution is 2.22. The van der Waals surface area contributed by atoms with E-state index in [1.165, 1.54) is 28.4 Å². The Labute approximate surface area is 176 Å². The smallest absolute Gasteiger partial charge is 0.289 e. The maximum Gasteiger partial charge on any atom is 0.289 e. The number of furan rings is 1. The molecule has 0 aliphatic carbocycles. The van der Waals surface area contributed by atoms with Crippen molar-refractivity contribution in [2.75, 3.05) is 39.3 Å². The summed E-state index contributed by atoms with van der Waals surface area (Å²) in [6.07, 6.45) is 2.43. The van der Waals surface area contributed by atoms with Gasteiger partial charge in [-0.05, 0) is 44.0 Å². The Morgan fingerprint density at radius 3 is 2.63 bits per heavy atom. The predicted molar refractivity (Wildman–Crippen MR) is 119 cm³/mol. The second-order valence-electron chi connectivity index (χ2n) is 7.52. The molecule has 3 aromatic rings. The third-order valence-electron chi connectivity index (χ3n) is 5.58. The zero-order chi connectivity index (χ0) is 20.9. The van der Waals surface area contributed by atoms with Crippen LogP contribution in [0.25, 0.3) is 10.9 Å². The van der Waals surface area contributed by atoms with E-state index in [4.69, 9.17) is 9.41 Å². The van der Waals surface area contributed by atoms with Crippen LogP contribution in [-0.4, -0.2) is 65.9 Å². The molecule has 0 saturated carbocycles. The van der Waals surface area contributed by atoms with Gasteiger partial charge in [-0.1, -0.05) is 18.2 Å². The summed E-state index contributed by atoms with van der Waals surface area (Å²) in [5, 5.41) is 4.68. The molecule has 1 aliphatic heterocycles. The number of hydrogen-bond donors (Lipinski definition) is 2. The van der Waals surface area contributed by atoms with Gasteiger partial charge in [0.05, 0.1) is 6.26 Å². The predicted octanol–water partition coefficient (Wildman–Crippen LogP) is 3.04. The Bertz CT molecular complexity index is 1010. The molecule has 158 valence electrons. The summed E-state index contributed by atoms with van der Waals surface area (Å²) in [6, 6.07) is 11.9. The van der Waals surface area contributed by atoms with E-state index in [1.807, 2.05) is 4.90 Å². The van der Waals surface area contributed by atoms with Crippen LogP contribution < -0.4 is 5.32 Å². The van der Waals surface area contributed by atoms with E-state index in [9.17, 15) is 4.79 Å². The fraction of sp³-hybridized carbons (Fsp3) is 0.391. The number of aliphatic imine (C=N–C) groups is 1. The fourth-order valence-corrected chi connectivity index (χ4v) is 4.03. The van der Waals surface area contributed by atoms with Crippen LogP contribution in [0.5, 0.6) is 0 Å². The number of benzene rings is 1. The van der Waals surface area contributed by atoms with Gasteiger partial charge in [-0.15, -0.1) is 0 Å². The van der Waals surface area contributed by atoms with Crippen molar-refractivity contribution in [1.29, 1.82) is 0 Å². The van der Waals surface area contributed by atoms with Crippen molar-refractivity contribution >= 4 is 22.8 Å². The van der Waals surface area contributed by atoms with Gasteiger partial charge in [-0.25, -0.2) is 0 Å². The van der Waals surface area contributed by atoms with Crippen molar-refractivity contribution in [1.82, 2.24) is 20.1 Å².